The number of aryl methyl sites for hydroxylation is 2. The van der Waals surface area contributed by atoms with E-state index in [1.54, 1.807) is 13.0 Å². The van der Waals surface area contributed by atoms with Crippen molar-refractivity contribution >= 4 is 5.97 Å². The van der Waals surface area contributed by atoms with E-state index in [4.69, 9.17) is 5.11 Å². The number of nitrogens with zero attached hydrogens (tertiary/aromatic N) is 1. The first-order valence-corrected chi connectivity index (χ1v) is 6.23. The number of rotatable bonds is 4. The van der Waals surface area contributed by atoms with Crippen molar-refractivity contribution in [3.8, 4) is 0 Å². The van der Waals surface area contributed by atoms with Gasteiger partial charge in [-0.15, -0.1) is 0 Å². The minimum Gasteiger partial charge on any atom is -0.478 e. The van der Waals surface area contributed by atoms with Gasteiger partial charge < -0.3 is 9.67 Å². The van der Waals surface area contributed by atoms with Crippen LogP contribution in [0, 0.1) is 25.5 Å². The Morgan fingerprint density at radius 3 is 2.25 bits per heavy atom. The number of hydrogen-bond donors (Lipinski definition) is 1. The number of carboxylic acids is 1. The predicted molar refractivity (Wildman–Crippen MR) is 70.9 cm³/mol. The molecular formula is C15H15F2NO2. The fraction of sp³-hybridized carbons (Fsp3) is 0.267. The zero-order valence-corrected chi connectivity index (χ0v) is 11.3. The maximum Gasteiger partial charge on any atom is 0.337 e. The Balaban J connectivity index is 2.21. The summed E-state index contributed by atoms with van der Waals surface area (Å²) in [4.78, 5) is 11.0. The topological polar surface area (TPSA) is 42.2 Å². The first kappa shape index (κ1) is 14.2. The lowest BCUT2D eigenvalue weighted by atomic mass is 10.1. The fourth-order valence-corrected chi connectivity index (χ4v) is 2.36. The molecule has 0 aliphatic rings. The van der Waals surface area contributed by atoms with Crippen molar-refractivity contribution in [2.45, 2.75) is 26.8 Å². The average Bonchev–Trinajstić information content (AvgIpc) is 2.61. The normalized spacial score (nSPS) is 10.8. The summed E-state index contributed by atoms with van der Waals surface area (Å²) in [5, 5.41) is 9.05. The summed E-state index contributed by atoms with van der Waals surface area (Å²) in [5.74, 6) is -2.18. The van der Waals surface area contributed by atoms with Gasteiger partial charge in [0.15, 0.2) is 0 Å². The highest BCUT2D eigenvalue weighted by atomic mass is 19.1. The van der Waals surface area contributed by atoms with E-state index in [9.17, 15) is 13.6 Å². The molecule has 1 aromatic heterocycles. The summed E-state index contributed by atoms with van der Waals surface area (Å²) in [7, 11) is 0. The highest BCUT2D eigenvalue weighted by Gasteiger charge is 2.14. The van der Waals surface area contributed by atoms with Gasteiger partial charge in [-0.1, -0.05) is 0 Å². The van der Waals surface area contributed by atoms with Crippen LogP contribution < -0.4 is 0 Å². The van der Waals surface area contributed by atoms with E-state index in [1.165, 1.54) is 12.1 Å². The van der Waals surface area contributed by atoms with Crippen LogP contribution in [-0.2, 0) is 13.0 Å². The van der Waals surface area contributed by atoms with Crippen molar-refractivity contribution in [2.75, 3.05) is 0 Å². The number of carbonyl (C=O) groups is 1. The molecule has 0 spiro atoms. The Morgan fingerprint density at radius 2 is 1.75 bits per heavy atom. The largest absolute Gasteiger partial charge is 0.478 e. The van der Waals surface area contributed by atoms with E-state index in [0.29, 0.717) is 24.2 Å². The summed E-state index contributed by atoms with van der Waals surface area (Å²) in [6, 6.07) is 5.01. The molecule has 106 valence electrons. The van der Waals surface area contributed by atoms with E-state index in [1.807, 2.05) is 11.5 Å². The number of carboxylic acid groups (broad SMARTS) is 1. The number of hydrogen-bond acceptors (Lipinski definition) is 1. The Hall–Kier alpha value is -2.17. The van der Waals surface area contributed by atoms with Crippen LogP contribution in [-0.4, -0.2) is 15.6 Å². The zero-order valence-electron chi connectivity index (χ0n) is 11.3. The van der Waals surface area contributed by atoms with Gasteiger partial charge in [0.2, 0.25) is 0 Å². The molecule has 0 saturated carbocycles. The third kappa shape index (κ3) is 2.87. The summed E-state index contributed by atoms with van der Waals surface area (Å²) in [6.45, 7) is 4.02. The molecule has 1 heterocycles. The molecule has 0 radical (unpaired) electrons. The first-order chi connectivity index (χ1) is 9.38. The third-order valence-corrected chi connectivity index (χ3v) is 3.35. The molecule has 2 rings (SSSR count). The predicted octanol–water partition coefficient (Wildman–Crippen LogP) is 3.32. The molecule has 0 aliphatic heterocycles. The Kier molecular flexibility index (Phi) is 3.88. The van der Waals surface area contributed by atoms with Crippen LogP contribution in [0.5, 0.6) is 0 Å². The van der Waals surface area contributed by atoms with Crippen LogP contribution in [0.3, 0.4) is 0 Å². The molecule has 0 aliphatic carbocycles. The molecule has 3 nitrogen and oxygen atoms in total. The standard InChI is InChI=1S/C15H15F2NO2/c1-9-5-14(15(19)20)10(2)18(9)4-3-11-6-12(16)8-13(17)7-11/h5-8H,3-4H2,1-2H3,(H,19,20). The van der Waals surface area contributed by atoms with Gasteiger partial charge in [0.05, 0.1) is 5.56 Å². The molecule has 0 atom stereocenters. The number of aromatic carboxylic acids is 1. The smallest absolute Gasteiger partial charge is 0.337 e. The molecule has 0 unspecified atom stereocenters. The van der Waals surface area contributed by atoms with Crippen LogP contribution in [0.2, 0.25) is 0 Å². The summed E-state index contributed by atoms with van der Waals surface area (Å²) >= 11 is 0. The van der Waals surface area contributed by atoms with Crippen LogP contribution in [0.15, 0.2) is 24.3 Å². The highest BCUT2D eigenvalue weighted by molar-refractivity contribution is 5.89. The first-order valence-electron chi connectivity index (χ1n) is 6.23. The number of benzene rings is 1. The second-order valence-electron chi connectivity index (χ2n) is 4.77. The van der Waals surface area contributed by atoms with Gasteiger partial charge in [0.1, 0.15) is 11.6 Å². The number of aromatic nitrogens is 1. The van der Waals surface area contributed by atoms with Crippen LogP contribution in [0.4, 0.5) is 8.78 Å². The molecule has 0 amide bonds. The van der Waals surface area contributed by atoms with Gasteiger partial charge in [-0.3, -0.25) is 0 Å². The molecule has 20 heavy (non-hydrogen) atoms. The van der Waals surface area contributed by atoms with Crippen molar-refractivity contribution in [1.82, 2.24) is 4.57 Å². The monoisotopic (exact) mass is 279 g/mol. The molecule has 5 heteroatoms. The van der Waals surface area contributed by atoms with Crippen molar-refractivity contribution in [3.63, 3.8) is 0 Å². The SMILES string of the molecule is Cc1cc(C(=O)O)c(C)n1CCc1cc(F)cc(F)c1. The highest BCUT2D eigenvalue weighted by Crippen LogP contribution is 2.17. The second kappa shape index (κ2) is 5.45. The maximum atomic E-state index is 13.1. The molecule has 0 fully saturated rings. The van der Waals surface area contributed by atoms with Crippen LogP contribution in [0.25, 0.3) is 0 Å². The van der Waals surface area contributed by atoms with Crippen LogP contribution in [0.1, 0.15) is 27.3 Å². The van der Waals surface area contributed by atoms with Gasteiger partial charge in [-0.25, -0.2) is 13.6 Å². The van der Waals surface area contributed by atoms with Gasteiger partial charge in [0.25, 0.3) is 0 Å². The lowest BCUT2D eigenvalue weighted by molar-refractivity contribution is 0.0696. The molecule has 2 aromatic rings. The molecule has 1 N–H and O–H groups in total. The fourth-order valence-electron chi connectivity index (χ4n) is 2.36. The zero-order chi connectivity index (χ0) is 14.9. The third-order valence-electron chi connectivity index (χ3n) is 3.35. The van der Waals surface area contributed by atoms with Crippen molar-refractivity contribution in [3.05, 3.63) is 58.4 Å². The molecule has 0 bridgehead atoms. The van der Waals surface area contributed by atoms with E-state index in [0.717, 1.165) is 11.8 Å². The lowest BCUT2D eigenvalue weighted by Crippen LogP contribution is -2.07. The maximum absolute atomic E-state index is 13.1. The van der Waals surface area contributed by atoms with E-state index < -0.39 is 17.6 Å². The lowest BCUT2D eigenvalue weighted by Gasteiger charge is -2.09. The van der Waals surface area contributed by atoms with E-state index >= 15 is 0 Å². The van der Waals surface area contributed by atoms with Crippen molar-refractivity contribution in [1.29, 1.82) is 0 Å². The number of halogens is 2. The van der Waals surface area contributed by atoms with Crippen molar-refractivity contribution < 1.29 is 18.7 Å². The minimum atomic E-state index is -0.971. The average molecular weight is 279 g/mol. The van der Waals surface area contributed by atoms with Crippen molar-refractivity contribution in [2.24, 2.45) is 0 Å². The van der Waals surface area contributed by atoms with Gasteiger partial charge in [-0.2, -0.15) is 0 Å². The van der Waals surface area contributed by atoms with Gasteiger partial charge in [-0.05, 0) is 44.0 Å². The summed E-state index contributed by atoms with van der Waals surface area (Å²) in [6.07, 6.45) is 0.435. The Labute approximate surface area is 115 Å². The van der Waals surface area contributed by atoms with E-state index in [-0.39, 0.29) is 5.56 Å². The van der Waals surface area contributed by atoms with Crippen LogP contribution >= 0.6 is 0 Å². The summed E-state index contributed by atoms with van der Waals surface area (Å²) < 4.78 is 28.0. The molecule has 0 saturated heterocycles. The Morgan fingerprint density at radius 1 is 1.15 bits per heavy atom. The molecular weight excluding hydrogens is 264 g/mol. The van der Waals surface area contributed by atoms with E-state index in [2.05, 4.69) is 0 Å². The van der Waals surface area contributed by atoms with Gasteiger partial charge >= 0.3 is 5.97 Å². The second-order valence-corrected chi connectivity index (χ2v) is 4.77. The summed E-state index contributed by atoms with van der Waals surface area (Å²) in [5.41, 5.74) is 2.27. The minimum absolute atomic E-state index is 0.257. The van der Waals surface area contributed by atoms with Gasteiger partial charge in [0, 0.05) is 24.0 Å². The quantitative estimate of drug-likeness (QED) is 0.932. The Bertz CT molecular complexity index is 642. The molecule has 1 aromatic carbocycles.